The molecule has 1 aliphatic rings. The molecule has 1 aliphatic carbocycles. The second-order valence-corrected chi connectivity index (χ2v) is 6.47. The van der Waals surface area contributed by atoms with Crippen molar-refractivity contribution in [1.82, 2.24) is 15.5 Å². The molecule has 6 nitrogen and oxygen atoms in total. The van der Waals surface area contributed by atoms with Gasteiger partial charge < -0.3 is 15.6 Å². The number of carbonyl (C=O) groups excluding carboxylic acids is 1. The normalized spacial score (nSPS) is 18.0. The van der Waals surface area contributed by atoms with Crippen LogP contribution in [0.2, 0.25) is 0 Å². The van der Waals surface area contributed by atoms with Crippen LogP contribution in [0.1, 0.15) is 48.8 Å². The quantitative estimate of drug-likeness (QED) is 0.879. The van der Waals surface area contributed by atoms with Crippen molar-refractivity contribution in [2.45, 2.75) is 44.2 Å². The maximum atomic E-state index is 11.4. The summed E-state index contributed by atoms with van der Waals surface area (Å²) in [6.45, 7) is 1.50. The van der Waals surface area contributed by atoms with Crippen LogP contribution in [0.15, 0.2) is 22.0 Å². The van der Waals surface area contributed by atoms with Crippen LogP contribution in [0.4, 0.5) is 0 Å². The van der Waals surface area contributed by atoms with Gasteiger partial charge in [-0.05, 0) is 30.7 Å². The lowest BCUT2D eigenvalue weighted by Gasteiger charge is -2.34. The van der Waals surface area contributed by atoms with E-state index >= 15 is 0 Å². The molecule has 112 valence electrons. The Morgan fingerprint density at radius 2 is 2.43 bits per heavy atom. The first-order valence-corrected chi connectivity index (χ1v) is 7.87. The summed E-state index contributed by atoms with van der Waals surface area (Å²) in [5.74, 6) is 1.01. The minimum atomic E-state index is -0.422. The van der Waals surface area contributed by atoms with Crippen LogP contribution in [0.3, 0.4) is 0 Å². The molecule has 0 aromatic carbocycles. The first-order valence-electron chi connectivity index (χ1n) is 6.99. The molecule has 1 saturated carbocycles. The van der Waals surface area contributed by atoms with Gasteiger partial charge in [0.2, 0.25) is 11.8 Å². The van der Waals surface area contributed by atoms with Gasteiger partial charge in [-0.2, -0.15) is 4.98 Å². The largest absolute Gasteiger partial charge is 0.348 e. The zero-order chi connectivity index (χ0) is 14.9. The number of hydrogen-bond acceptors (Lipinski definition) is 6. The Labute approximate surface area is 126 Å². The van der Waals surface area contributed by atoms with E-state index in [9.17, 15) is 4.79 Å². The van der Waals surface area contributed by atoms with Gasteiger partial charge in [-0.15, -0.1) is 11.3 Å². The minimum absolute atomic E-state index is 0.0811. The summed E-state index contributed by atoms with van der Waals surface area (Å²) < 4.78 is 5.31. The molecule has 1 fully saturated rings. The highest BCUT2D eigenvalue weighted by Crippen LogP contribution is 2.37. The van der Waals surface area contributed by atoms with E-state index in [1.54, 1.807) is 11.3 Å². The monoisotopic (exact) mass is 306 g/mol. The Bertz CT molecular complexity index is 619. The van der Waals surface area contributed by atoms with Crippen molar-refractivity contribution < 1.29 is 9.32 Å². The van der Waals surface area contributed by atoms with Crippen molar-refractivity contribution in [3.63, 3.8) is 0 Å². The molecule has 0 radical (unpaired) electrons. The number of rotatable bonds is 5. The average molecular weight is 306 g/mol. The molecule has 2 aromatic rings. The van der Waals surface area contributed by atoms with Gasteiger partial charge in [0, 0.05) is 11.8 Å². The third kappa shape index (κ3) is 2.98. The number of aromatic nitrogens is 2. The molecule has 2 aromatic heterocycles. The van der Waals surface area contributed by atoms with Crippen LogP contribution in [0, 0.1) is 0 Å². The fraction of sp³-hybridized carbons (Fsp3) is 0.500. The molecule has 2 heterocycles. The molecule has 0 spiro atoms. The predicted octanol–water partition coefficient (Wildman–Crippen LogP) is 1.89. The van der Waals surface area contributed by atoms with Crippen molar-refractivity contribution in [2.24, 2.45) is 5.73 Å². The van der Waals surface area contributed by atoms with Crippen LogP contribution < -0.4 is 11.1 Å². The Kier molecular flexibility index (Phi) is 3.77. The lowest BCUT2D eigenvalue weighted by atomic mass is 9.77. The molecule has 7 heteroatoms. The molecule has 21 heavy (non-hydrogen) atoms. The van der Waals surface area contributed by atoms with E-state index in [0.29, 0.717) is 18.1 Å². The Morgan fingerprint density at radius 3 is 3.00 bits per heavy atom. The molecule has 3 N–H and O–H groups in total. The number of carbonyl (C=O) groups is 1. The Morgan fingerprint density at radius 1 is 1.62 bits per heavy atom. The summed E-state index contributed by atoms with van der Waals surface area (Å²) >= 11 is 1.59. The van der Waals surface area contributed by atoms with Crippen LogP contribution in [0.25, 0.3) is 0 Å². The molecular formula is C14H18N4O2S. The lowest BCUT2D eigenvalue weighted by molar-refractivity contribution is -0.119. The Balaban J connectivity index is 1.75. The van der Waals surface area contributed by atoms with E-state index in [4.69, 9.17) is 10.3 Å². The molecule has 0 saturated heterocycles. The second-order valence-electron chi connectivity index (χ2n) is 5.49. The molecule has 0 bridgehead atoms. The number of thiophene rings is 1. The fourth-order valence-corrected chi connectivity index (χ4v) is 3.23. The highest BCUT2D eigenvalue weighted by Gasteiger charge is 2.39. The van der Waals surface area contributed by atoms with Crippen LogP contribution in [0.5, 0.6) is 0 Å². The molecule has 1 amide bonds. The van der Waals surface area contributed by atoms with E-state index in [2.05, 4.69) is 15.5 Å². The molecule has 3 rings (SSSR count). The molecule has 1 unspecified atom stereocenters. The minimum Gasteiger partial charge on any atom is -0.348 e. The summed E-state index contributed by atoms with van der Waals surface area (Å²) in [4.78, 5) is 16.8. The van der Waals surface area contributed by atoms with E-state index in [1.165, 1.54) is 6.92 Å². The third-order valence-electron chi connectivity index (χ3n) is 3.80. The van der Waals surface area contributed by atoms with Gasteiger partial charge in [0.1, 0.15) is 0 Å². The van der Waals surface area contributed by atoms with Gasteiger partial charge in [0.25, 0.3) is 0 Å². The smallest absolute Gasteiger partial charge is 0.229 e. The standard InChI is InChI=1S/C14H18N4O2S/c1-9(19)16-10(11-4-2-7-21-11)8-12-17-13(18-20-12)14(15)5-3-6-14/h2,4,7,10H,3,5-6,8,15H2,1H3,(H,16,19). The van der Waals surface area contributed by atoms with Gasteiger partial charge in [-0.25, -0.2) is 0 Å². The number of nitrogens with two attached hydrogens (primary N) is 1. The van der Waals surface area contributed by atoms with Crippen LogP contribution in [-0.2, 0) is 16.8 Å². The number of nitrogens with zero attached hydrogens (tertiary/aromatic N) is 2. The van der Waals surface area contributed by atoms with Crippen molar-refractivity contribution in [2.75, 3.05) is 0 Å². The number of hydrogen-bond donors (Lipinski definition) is 2. The maximum Gasteiger partial charge on any atom is 0.229 e. The van der Waals surface area contributed by atoms with E-state index in [1.807, 2.05) is 17.5 Å². The molecule has 1 atom stereocenters. The summed E-state index contributed by atoms with van der Waals surface area (Å²) in [5, 5.41) is 8.90. The summed E-state index contributed by atoms with van der Waals surface area (Å²) in [6, 6.07) is 3.79. The SMILES string of the molecule is CC(=O)NC(Cc1nc(C2(N)CCC2)no1)c1cccs1. The lowest BCUT2D eigenvalue weighted by Crippen LogP contribution is -2.44. The highest BCUT2D eigenvalue weighted by atomic mass is 32.1. The zero-order valence-corrected chi connectivity index (χ0v) is 12.7. The van der Waals surface area contributed by atoms with E-state index < -0.39 is 5.54 Å². The first kappa shape index (κ1) is 14.2. The van der Waals surface area contributed by atoms with Gasteiger partial charge in [0.05, 0.1) is 18.0 Å². The molecule has 0 aliphatic heterocycles. The summed E-state index contributed by atoms with van der Waals surface area (Å²) in [5.41, 5.74) is 5.77. The number of nitrogens with one attached hydrogen (secondary N) is 1. The van der Waals surface area contributed by atoms with Crippen molar-refractivity contribution in [3.8, 4) is 0 Å². The van der Waals surface area contributed by atoms with Gasteiger partial charge >= 0.3 is 0 Å². The average Bonchev–Trinajstić information content (AvgIpc) is 3.05. The number of amides is 1. The predicted molar refractivity (Wildman–Crippen MR) is 78.6 cm³/mol. The van der Waals surface area contributed by atoms with Gasteiger partial charge in [-0.1, -0.05) is 11.2 Å². The highest BCUT2D eigenvalue weighted by molar-refractivity contribution is 7.10. The topological polar surface area (TPSA) is 94.0 Å². The Hall–Kier alpha value is -1.73. The second kappa shape index (κ2) is 5.57. The van der Waals surface area contributed by atoms with E-state index in [-0.39, 0.29) is 11.9 Å². The first-order chi connectivity index (χ1) is 10.1. The van der Waals surface area contributed by atoms with Crippen LogP contribution >= 0.6 is 11.3 Å². The molecular weight excluding hydrogens is 288 g/mol. The third-order valence-corrected chi connectivity index (χ3v) is 4.79. The summed E-state index contributed by atoms with van der Waals surface area (Å²) in [6.07, 6.45) is 3.37. The van der Waals surface area contributed by atoms with Crippen molar-refractivity contribution in [1.29, 1.82) is 0 Å². The summed E-state index contributed by atoms with van der Waals surface area (Å²) in [7, 11) is 0. The van der Waals surface area contributed by atoms with Gasteiger partial charge in [0.15, 0.2) is 5.82 Å². The van der Waals surface area contributed by atoms with Crippen molar-refractivity contribution >= 4 is 17.2 Å². The fourth-order valence-electron chi connectivity index (χ4n) is 2.45. The van der Waals surface area contributed by atoms with Crippen molar-refractivity contribution in [3.05, 3.63) is 34.1 Å². The van der Waals surface area contributed by atoms with E-state index in [0.717, 1.165) is 24.1 Å². The van der Waals surface area contributed by atoms with Crippen LogP contribution in [-0.4, -0.2) is 16.0 Å². The zero-order valence-electron chi connectivity index (χ0n) is 11.8. The maximum absolute atomic E-state index is 11.4. The van der Waals surface area contributed by atoms with Gasteiger partial charge in [-0.3, -0.25) is 4.79 Å².